The van der Waals surface area contributed by atoms with Crippen LogP contribution in [0.4, 0.5) is 0 Å². The van der Waals surface area contributed by atoms with Gasteiger partial charge in [-0.3, -0.25) is 4.79 Å². The van der Waals surface area contributed by atoms with E-state index in [-0.39, 0.29) is 36.4 Å². The van der Waals surface area contributed by atoms with Gasteiger partial charge < -0.3 is 14.2 Å². The fourth-order valence-corrected chi connectivity index (χ4v) is 3.41. The Kier molecular flexibility index (Phi) is 3.54. The third-order valence-corrected chi connectivity index (χ3v) is 4.43. The number of carbonyl (C=O) groups excluding carboxylic acids is 2. The molecule has 0 aromatic rings. The van der Waals surface area contributed by atoms with Crippen LogP contribution in [0, 0.1) is 5.92 Å². The highest BCUT2D eigenvalue weighted by Gasteiger charge is 2.49. The Morgan fingerprint density at radius 3 is 2.75 bits per heavy atom. The van der Waals surface area contributed by atoms with E-state index in [1.54, 1.807) is 6.92 Å². The minimum Gasteiger partial charge on any atom is -0.462 e. The lowest BCUT2D eigenvalue weighted by molar-refractivity contribution is -0.147. The van der Waals surface area contributed by atoms with Crippen molar-refractivity contribution in [2.24, 2.45) is 5.92 Å². The summed E-state index contributed by atoms with van der Waals surface area (Å²) < 4.78 is 16.5. The average Bonchev–Trinajstić information content (AvgIpc) is 3.05. The van der Waals surface area contributed by atoms with Gasteiger partial charge in [0.1, 0.15) is 12.2 Å². The van der Waals surface area contributed by atoms with E-state index in [9.17, 15) is 9.59 Å². The molecule has 3 fully saturated rings. The van der Waals surface area contributed by atoms with Crippen LogP contribution < -0.4 is 0 Å². The molecule has 0 aliphatic carbocycles. The molecule has 0 radical (unpaired) electrons. The van der Waals surface area contributed by atoms with E-state index >= 15 is 0 Å². The van der Waals surface area contributed by atoms with Gasteiger partial charge in [-0.1, -0.05) is 6.58 Å². The summed E-state index contributed by atoms with van der Waals surface area (Å²) in [6.45, 7) is 5.23. The second-order valence-corrected chi connectivity index (χ2v) is 6.05. The normalized spacial score (nSPS) is 38.9. The molecule has 3 rings (SSSR count). The summed E-state index contributed by atoms with van der Waals surface area (Å²) in [5.41, 5.74) is 0.419. The van der Waals surface area contributed by atoms with E-state index in [2.05, 4.69) is 6.58 Å². The quantitative estimate of drug-likeness (QED) is 0.580. The molecule has 5 atom stereocenters. The SMILES string of the molecule is C=C(C)C(=O)OC1CC2OC1CC2CC1CCC(=O)O1. The zero-order valence-corrected chi connectivity index (χ0v) is 11.7. The number of cyclic esters (lactones) is 1. The Balaban J connectivity index is 1.50. The van der Waals surface area contributed by atoms with E-state index in [0.717, 1.165) is 25.7 Å². The van der Waals surface area contributed by atoms with Crippen molar-refractivity contribution in [1.29, 1.82) is 0 Å². The third kappa shape index (κ3) is 2.59. The maximum absolute atomic E-state index is 11.5. The smallest absolute Gasteiger partial charge is 0.333 e. The second kappa shape index (κ2) is 5.20. The summed E-state index contributed by atoms with van der Waals surface area (Å²) in [7, 11) is 0. The molecule has 5 nitrogen and oxygen atoms in total. The summed E-state index contributed by atoms with van der Waals surface area (Å²) in [6, 6.07) is 0. The van der Waals surface area contributed by atoms with Crippen LogP contribution in [-0.2, 0) is 23.8 Å². The van der Waals surface area contributed by atoms with E-state index in [1.165, 1.54) is 0 Å². The Bertz CT molecular complexity index is 444. The highest BCUT2D eigenvalue weighted by atomic mass is 16.6. The van der Waals surface area contributed by atoms with Crippen molar-refractivity contribution in [3.05, 3.63) is 12.2 Å². The molecule has 5 heteroatoms. The van der Waals surface area contributed by atoms with Gasteiger partial charge in [-0.2, -0.15) is 0 Å². The van der Waals surface area contributed by atoms with E-state index < -0.39 is 0 Å². The molecule has 0 amide bonds. The van der Waals surface area contributed by atoms with Gasteiger partial charge in [0.05, 0.1) is 12.2 Å². The lowest BCUT2D eigenvalue weighted by atomic mass is 9.83. The average molecular weight is 280 g/mol. The van der Waals surface area contributed by atoms with Crippen LogP contribution in [0.2, 0.25) is 0 Å². The number of ether oxygens (including phenoxy) is 3. The zero-order chi connectivity index (χ0) is 14.3. The standard InChI is InChI=1S/C15H20O5/c1-8(2)15(17)20-13-7-11-9(6-12(13)19-11)5-10-3-4-14(16)18-10/h9-13H,1,3-7H2,2H3. The molecule has 20 heavy (non-hydrogen) atoms. The van der Waals surface area contributed by atoms with Gasteiger partial charge >= 0.3 is 11.9 Å². The van der Waals surface area contributed by atoms with Crippen LogP contribution >= 0.6 is 0 Å². The van der Waals surface area contributed by atoms with Crippen LogP contribution in [0.15, 0.2) is 12.2 Å². The van der Waals surface area contributed by atoms with E-state index in [1.807, 2.05) is 0 Å². The minimum atomic E-state index is -0.340. The maximum atomic E-state index is 11.5. The number of fused-ring (bicyclic) bond motifs is 2. The Hall–Kier alpha value is -1.36. The van der Waals surface area contributed by atoms with Gasteiger partial charge in [-0.25, -0.2) is 4.79 Å². The molecule has 3 aliphatic rings. The van der Waals surface area contributed by atoms with Gasteiger partial charge in [0.25, 0.3) is 0 Å². The van der Waals surface area contributed by atoms with E-state index in [0.29, 0.717) is 17.9 Å². The highest BCUT2D eigenvalue weighted by molar-refractivity contribution is 5.87. The molecule has 0 N–H and O–H groups in total. The van der Waals surface area contributed by atoms with Crippen molar-refractivity contribution < 1.29 is 23.8 Å². The minimum absolute atomic E-state index is 0.00888. The van der Waals surface area contributed by atoms with Crippen molar-refractivity contribution in [2.45, 2.75) is 63.4 Å². The molecule has 0 aromatic heterocycles. The van der Waals surface area contributed by atoms with Crippen molar-refractivity contribution >= 4 is 11.9 Å². The number of esters is 2. The number of carbonyl (C=O) groups is 2. The Labute approximate surface area is 118 Å². The van der Waals surface area contributed by atoms with Crippen LogP contribution in [0.1, 0.15) is 39.0 Å². The Morgan fingerprint density at radius 1 is 1.40 bits per heavy atom. The first-order chi connectivity index (χ1) is 9.52. The van der Waals surface area contributed by atoms with Gasteiger partial charge in [-0.15, -0.1) is 0 Å². The summed E-state index contributed by atoms with van der Waals surface area (Å²) >= 11 is 0. The highest BCUT2D eigenvalue weighted by Crippen LogP contribution is 2.43. The lowest BCUT2D eigenvalue weighted by Gasteiger charge is -2.25. The van der Waals surface area contributed by atoms with Crippen LogP contribution in [-0.4, -0.2) is 36.4 Å². The topological polar surface area (TPSA) is 61.8 Å². The molecule has 5 unspecified atom stereocenters. The van der Waals surface area contributed by atoms with Crippen molar-refractivity contribution in [3.8, 4) is 0 Å². The predicted molar refractivity (Wildman–Crippen MR) is 69.8 cm³/mol. The molecular weight excluding hydrogens is 260 g/mol. The fourth-order valence-electron chi connectivity index (χ4n) is 3.41. The van der Waals surface area contributed by atoms with Gasteiger partial charge in [0.15, 0.2) is 0 Å². The summed E-state index contributed by atoms with van der Waals surface area (Å²) in [5.74, 6) is -0.0181. The number of hydrogen-bond acceptors (Lipinski definition) is 5. The first-order valence-corrected chi connectivity index (χ1v) is 7.24. The van der Waals surface area contributed by atoms with Crippen LogP contribution in [0.5, 0.6) is 0 Å². The molecular formula is C15H20O5. The molecule has 110 valence electrons. The summed E-state index contributed by atoms with van der Waals surface area (Å²) in [5, 5.41) is 0. The van der Waals surface area contributed by atoms with E-state index in [4.69, 9.17) is 14.2 Å². The zero-order valence-electron chi connectivity index (χ0n) is 11.7. The monoisotopic (exact) mass is 280 g/mol. The van der Waals surface area contributed by atoms with Gasteiger partial charge in [0.2, 0.25) is 0 Å². The molecule has 0 aromatic carbocycles. The largest absolute Gasteiger partial charge is 0.462 e. The third-order valence-electron chi connectivity index (χ3n) is 4.43. The summed E-state index contributed by atoms with van der Waals surface area (Å²) in [4.78, 5) is 22.6. The number of hydrogen-bond donors (Lipinski definition) is 0. The summed E-state index contributed by atoms with van der Waals surface area (Å²) in [6.07, 6.45) is 3.87. The molecule has 3 aliphatic heterocycles. The van der Waals surface area contributed by atoms with Crippen molar-refractivity contribution in [3.63, 3.8) is 0 Å². The Morgan fingerprint density at radius 2 is 2.20 bits per heavy atom. The van der Waals surface area contributed by atoms with Gasteiger partial charge in [-0.05, 0) is 32.1 Å². The number of rotatable bonds is 4. The maximum Gasteiger partial charge on any atom is 0.333 e. The first-order valence-electron chi connectivity index (χ1n) is 7.24. The van der Waals surface area contributed by atoms with Crippen LogP contribution in [0.25, 0.3) is 0 Å². The lowest BCUT2D eigenvalue weighted by Crippen LogP contribution is -2.33. The molecule has 3 saturated heterocycles. The second-order valence-electron chi connectivity index (χ2n) is 6.05. The van der Waals surface area contributed by atoms with Crippen molar-refractivity contribution in [2.75, 3.05) is 0 Å². The van der Waals surface area contributed by atoms with Gasteiger partial charge in [0, 0.05) is 18.4 Å². The molecule has 0 saturated carbocycles. The van der Waals surface area contributed by atoms with Crippen LogP contribution in [0.3, 0.4) is 0 Å². The molecule has 2 bridgehead atoms. The van der Waals surface area contributed by atoms with Crippen molar-refractivity contribution in [1.82, 2.24) is 0 Å². The molecule has 3 heterocycles. The predicted octanol–water partition coefficient (Wildman–Crippen LogP) is 1.75. The molecule has 0 spiro atoms. The first kappa shape index (κ1) is 13.6. The fraction of sp³-hybridized carbons (Fsp3) is 0.733.